The Morgan fingerprint density at radius 2 is 1.86 bits per heavy atom. The van der Waals surface area contributed by atoms with Gasteiger partial charge in [-0.2, -0.15) is 0 Å². The lowest BCUT2D eigenvalue weighted by atomic mass is 9.87. The minimum absolute atomic E-state index is 0.0545. The lowest BCUT2D eigenvalue weighted by Gasteiger charge is -2.20. The number of carbonyl (C=O) groups is 2. The maximum atomic E-state index is 13.1. The molecule has 2 aromatic carbocycles. The number of rotatable bonds is 10. The van der Waals surface area contributed by atoms with Crippen LogP contribution in [-0.2, 0) is 16.0 Å². The zero-order valence-corrected chi connectivity index (χ0v) is 19.8. The highest BCUT2D eigenvalue weighted by atomic mass is 19.1. The van der Waals surface area contributed by atoms with Crippen LogP contribution in [0.5, 0.6) is 17.2 Å². The van der Waals surface area contributed by atoms with Crippen molar-refractivity contribution in [2.75, 3.05) is 20.3 Å². The third kappa shape index (κ3) is 6.21. The Morgan fingerprint density at radius 3 is 2.50 bits per heavy atom. The van der Waals surface area contributed by atoms with Crippen LogP contribution in [0.2, 0.25) is 0 Å². The van der Waals surface area contributed by atoms with Gasteiger partial charge in [-0.1, -0.05) is 18.2 Å². The molecule has 4 N–H and O–H groups in total. The fraction of sp³-hybridized carbons (Fsp3) is 0.269. The number of benzene rings is 2. The summed E-state index contributed by atoms with van der Waals surface area (Å²) in [5.41, 5.74) is -0.0296. The first-order valence-corrected chi connectivity index (χ1v) is 11.2. The molecule has 0 aliphatic rings. The lowest BCUT2D eigenvalue weighted by Crippen LogP contribution is -2.29. The van der Waals surface area contributed by atoms with Crippen molar-refractivity contribution < 1.29 is 33.7 Å². The van der Waals surface area contributed by atoms with Crippen molar-refractivity contribution in [2.24, 2.45) is 0 Å². The number of nitrogens with one attached hydrogen (secondary N) is 2. The molecule has 0 saturated heterocycles. The number of aromatic hydroxyl groups is 2. The van der Waals surface area contributed by atoms with E-state index in [4.69, 9.17) is 9.47 Å². The molecule has 0 fully saturated rings. The van der Waals surface area contributed by atoms with Gasteiger partial charge in [-0.05, 0) is 48.7 Å². The molecule has 9 nitrogen and oxygen atoms in total. The quantitative estimate of drug-likeness (QED) is 0.315. The molecule has 0 saturated carbocycles. The van der Waals surface area contributed by atoms with Crippen molar-refractivity contribution in [2.45, 2.75) is 25.7 Å². The maximum absolute atomic E-state index is 13.1. The Bertz CT molecular complexity index is 1290. The van der Waals surface area contributed by atoms with Crippen LogP contribution < -0.4 is 15.6 Å². The van der Waals surface area contributed by atoms with Gasteiger partial charge in [0.15, 0.2) is 11.5 Å². The van der Waals surface area contributed by atoms with Gasteiger partial charge < -0.3 is 30.0 Å². The van der Waals surface area contributed by atoms with Crippen LogP contribution in [0.25, 0.3) is 0 Å². The van der Waals surface area contributed by atoms with Gasteiger partial charge in [0.05, 0.1) is 19.3 Å². The van der Waals surface area contributed by atoms with Gasteiger partial charge >= 0.3 is 5.97 Å². The normalized spacial score (nSPS) is 11.5. The molecule has 1 atom stereocenters. The summed E-state index contributed by atoms with van der Waals surface area (Å²) in [5.74, 6) is -3.33. The van der Waals surface area contributed by atoms with Gasteiger partial charge in [-0.25, -0.2) is 9.18 Å². The summed E-state index contributed by atoms with van der Waals surface area (Å²) >= 11 is 0. The fourth-order valence-corrected chi connectivity index (χ4v) is 3.79. The first kappa shape index (κ1) is 26.3. The van der Waals surface area contributed by atoms with Crippen LogP contribution in [0.3, 0.4) is 0 Å². The van der Waals surface area contributed by atoms with E-state index in [2.05, 4.69) is 10.3 Å². The molecule has 0 spiro atoms. The van der Waals surface area contributed by atoms with E-state index in [1.54, 1.807) is 25.1 Å². The second-order valence-corrected chi connectivity index (χ2v) is 7.93. The molecule has 1 heterocycles. The highest BCUT2D eigenvalue weighted by molar-refractivity contribution is 5.92. The maximum Gasteiger partial charge on any atom is 0.343 e. The molecular formula is C26H27FN2O7. The van der Waals surface area contributed by atoms with Crippen LogP contribution in [-0.4, -0.2) is 47.3 Å². The number of carbonyl (C=O) groups excluding carboxylic acids is 2. The Hall–Kier alpha value is -4.34. The number of ether oxygens (including phenoxy) is 2. The summed E-state index contributed by atoms with van der Waals surface area (Å²) in [6, 6.07) is 10.2. The van der Waals surface area contributed by atoms with Crippen molar-refractivity contribution in [1.82, 2.24) is 10.3 Å². The zero-order chi connectivity index (χ0) is 26.2. The number of phenols is 1. The van der Waals surface area contributed by atoms with Crippen LogP contribution >= 0.6 is 0 Å². The average Bonchev–Trinajstić information content (AvgIpc) is 2.84. The Morgan fingerprint density at radius 1 is 1.14 bits per heavy atom. The summed E-state index contributed by atoms with van der Waals surface area (Å²) < 4.78 is 23.1. The molecule has 0 radical (unpaired) electrons. The second-order valence-electron chi connectivity index (χ2n) is 7.93. The number of hydrogen-bond donors (Lipinski definition) is 4. The topological polar surface area (TPSA) is 138 Å². The molecular weight excluding hydrogens is 471 g/mol. The Kier molecular flexibility index (Phi) is 8.66. The first-order valence-electron chi connectivity index (χ1n) is 11.2. The van der Waals surface area contributed by atoms with Crippen molar-refractivity contribution >= 4 is 11.9 Å². The van der Waals surface area contributed by atoms with Crippen molar-refractivity contribution in [3.05, 3.63) is 87.1 Å². The largest absolute Gasteiger partial charge is 0.506 e. The molecule has 3 rings (SSSR count). The van der Waals surface area contributed by atoms with Crippen molar-refractivity contribution in [3.8, 4) is 17.2 Å². The minimum Gasteiger partial charge on any atom is -0.506 e. The molecule has 1 amide bonds. The predicted octanol–water partition coefficient (Wildman–Crippen LogP) is 2.99. The predicted molar refractivity (Wildman–Crippen MR) is 129 cm³/mol. The highest BCUT2D eigenvalue weighted by Crippen LogP contribution is 2.37. The van der Waals surface area contributed by atoms with E-state index < -0.39 is 29.1 Å². The molecule has 36 heavy (non-hydrogen) atoms. The fourth-order valence-electron chi connectivity index (χ4n) is 3.79. The molecule has 3 aromatic rings. The lowest BCUT2D eigenvalue weighted by molar-refractivity contribution is -0.121. The van der Waals surface area contributed by atoms with Crippen LogP contribution in [0.15, 0.2) is 53.5 Å². The van der Waals surface area contributed by atoms with Crippen LogP contribution in [0.1, 0.15) is 46.3 Å². The number of esters is 1. The van der Waals surface area contributed by atoms with Gasteiger partial charge in [0.25, 0.3) is 5.56 Å². The van der Waals surface area contributed by atoms with E-state index in [-0.39, 0.29) is 48.0 Å². The molecule has 10 heteroatoms. The van der Waals surface area contributed by atoms with Gasteiger partial charge in [0.2, 0.25) is 5.91 Å². The van der Waals surface area contributed by atoms with Crippen LogP contribution in [0.4, 0.5) is 4.39 Å². The molecule has 0 unspecified atom stereocenters. The van der Waals surface area contributed by atoms with E-state index in [1.165, 1.54) is 31.4 Å². The first-order chi connectivity index (χ1) is 17.2. The number of phenolic OH excluding ortho intramolecular Hbond substituents is 1. The van der Waals surface area contributed by atoms with E-state index >= 15 is 0 Å². The van der Waals surface area contributed by atoms with Gasteiger partial charge in [0, 0.05) is 25.1 Å². The van der Waals surface area contributed by atoms with E-state index in [0.717, 1.165) is 11.8 Å². The summed E-state index contributed by atoms with van der Waals surface area (Å²) in [6.45, 7) is 1.90. The number of aromatic nitrogens is 1. The van der Waals surface area contributed by atoms with Crippen molar-refractivity contribution in [3.63, 3.8) is 0 Å². The number of pyridine rings is 1. The Labute approximate surface area is 206 Å². The number of aromatic amines is 1. The summed E-state index contributed by atoms with van der Waals surface area (Å²) in [7, 11) is 1.38. The molecule has 0 aliphatic carbocycles. The Balaban J connectivity index is 1.92. The van der Waals surface area contributed by atoms with Gasteiger partial charge in [-0.15, -0.1) is 0 Å². The number of methoxy groups -OCH3 is 1. The number of hydrogen-bond acceptors (Lipinski definition) is 7. The standard InChI is InChI=1S/C26H27FN2O7/c1-3-36-26(34)19-14-29-25(33)23(24(19)32)18(16-6-9-21(35-2)20(30)12-16)13-22(31)28-11-10-15-4-7-17(27)8-5-15/h4-9,12,14,18,30H,3,10-11,13H2,1-2H3,(H,28,31)(H2,29,32,33)/t18-/m0/s1. The smallest absolute Gasteiger partial charge is 0.343 e. The van der Waals surface area contributed by atoms with E-state index in [1.807, 2.05) is 0 Å². The third-order valence-corrected chi connectivity index (χ3v) is 5.59. The molecule has 1 aromatic heterocycles. The highest BCUT2D eigenvalue weighted by Gasteiger charge is 2.28. The summed E-state index contributed by atoms with van der Waals surface area (Å²) in [5, 5.41) is 23.9. The molecule has 190 valence electrons. The van der Waals surface area contributed by atoms with Crippen molar-refractivity contribution in [1.29, 1.82) is 0 Å². The van der Waals surface area contributed by atoms with Crippen LogP contribution in [0, 0.1) is 5.82 Å². The molecule has 0 bridgehead atoms. The second kappa shape index (κ2) is 11.9. The summed E-state index contributed by atoms with van der Waals surface area (Å²) in [4.78, 5) is 40.3. The number of halogens is 1. The number of amides is 1. The number of H-pyrrole nitrogens is 1. The van der Waals surface area contributed by atoms with Gasteiger partial charge in [-0.3, -0.25) is 9.59 Å². The SMILES string of the molecule is CCOC(=O)c1c[nH]c(=O)c([C@@H](CC(=O)NCCc2ccc(F)cc2)c2ccc(OC)c(O)c2)c1O. The average molecular weight is 499 g/mol. The third-order valence-electron chi connectivity index (χ3n) is 5.59. The van der Waals surface area contributed by atoms with E-state index in [9.17, 15) is 29.0 Å². The minimum atomic E-state index is -1.02. The van der Waals surface area contributed by atoms with Gasteiger partial charge in [0.1, 0.15) is 17.1 Å². The zero-order valence-electron chi connectivity index (χ0n) is 19.8. The summed E-state index contributed by atoms with van der Waals surface area (Å²) in [6.07, 6.45) is 1.22. The van der Waals surface area contributed by atoms with E-state index in [0.29, 0.717) is 12.0 Å². The molecule has 0 aliphatic heterocycles. The monoisotopic (exact) mass is 498 g/mol.